The van der Waals surface area contributed by atoms with Gasteiger partial charge < -0.3 is 4.74 Å². The van der Waals surface area contributed by atoms with Crippen molar-refractivity contribution in [1.29, 1.82) is 0 Å². The van der Waals surface area contributed by atoms with Crippen molar-refractivity contribution in [2.24, 2.45) is 0 Å². The Morgan fingerprint density at radius 3 is 3.19 bits per heavy atom. The number of ether oxygens (including phenoxy) is 1. The van der Waals surface area contributed by atoms with Gasteiger partial charge in [0.1, 0.15) is 6.04 Å². The van der Waals surface area contributed by atoms with Crippen LogP contribution in [-0.2, 0) is 16.1 Å². The number of rotatable bonds is 3. The summed E-state index contributed by atoms with van der Waals surface area (Å²) >= 11 is 7.43. The van der Waals surface area contributed by atoms with Gasteiger partial charge in [-0.05, 0) is 37.1 Å². The van der Waals surface area contributed by atoms with E-state index < -0.39 is 0 Å². The molecule has 0 aliphatic carbocycles. The molecule has 2 aromatic rings. The second-order valence-corrected chi connectivity index (χ2v) is 6.89. The van der Waals surface area contributed by atoms with Crippen molar-refractivity contribution in [2.75, 3.05) is 13.7 Å². The molecule has 0 spiro atoms. The molecule has 0 bridgehead atoms. The Morgan fingerprint density at radius 1 is 1.52 bits per heavy atom. The van der Waals surface area contributed by atoms with Gasteiger partial charge in [0.05, 0.1) is 17.3 Å². The van der Waals surface area contributed by atoms with Gasteiger partial charge in [0.15, 0.2) is 4.47 Å². The van der Waals surface area contributed by atoms with Crippen LogP contribution >= 0.6 is 22.9 Å². The third-order valence-corrected chi connectivity index (χ3v) is 5.04. The fraction of sp³-hybridized carbons (Fsp3) is 0.467. The van der Waals surface area contributed by atoms with Gasteiger partial charge in [-0.25, -0.2) is 4.98 Å². The lowest BCUT2D eigenvalue weighted by Crippen LogP contribution is -2.44. The van der Waals surface area contributed by atoms with Crippen molar-refractivity contribution in [3.8, 4) is 0 Å². The molecule has 0 amide bonds. The Morgan fingerprint density at radius 2 is 2.38 bits per heavy atom. The SMILES string of the molecule is COC(=O)C1CCCCN1Cc1ccc2sc(Cl)nc2c1. The number of thiazole rings is 1. The molecule has 2 heterocycles. The number of methoxy groups -OCH3 is 1. The average Bonchev–Trinajstić information content (AvgIpc) is 2.86. The van der Waals surface area contributed by atoms with Crippen LogP contribution in [0, 0.1) is 0 Å². The van der Waals surface area contributed by atoms with Crippen LogP contribution < -0.4 is 0 Å². The number of hydrogen-bond acceptors (Lipinski definition) is 5. The molecular formula is C15H17ClN2O2S. The third kappa shape index (κ3) is 3.20. The highest BCUT2D eigenvalue weighted by molar-refractivity contribution is 7.22. The monoisotopic (exact) mass is 324 g/mol. The molecule has 0 radical (unpaired) electrons. The molecule has 1 unspecified atom stereocenters. The molecule has 1 aliphatic heterocycles. The molecule has 1 aliphatic rings. The van der Waals surface area contributed by atoms with Crippen molar-refractivity contribution >= 4 is 39.1 Å². The van der Waals surface area contributed by atoms with Gasteiger partial charge in [-0.15, -0.1) is 11.3 Å². The minimum absolute atomic E-state index is 0.126. The first-order chi connectivity index (χ1) is 10.2. The fourth-order valence-electron chi connectivity index (χ4n) is 2.86. The van der Waals surface area contributed by atoms with Crippen molar-refractivity contribution < 1.29 is 9.53 Å². The van der Waals surface area contributed by atoms with Gasteiger partial charge in [-0.2, -0.15) is 0 Å². The molecular weight excluding hydrogens is 308 g/mol. The van der Waals surface area contributed by atoms with E-state index in [1.165, 1.54) is 18.4 Å². The first-order valence-corrected chi connectivity index (χ1v) is 8.23. The van der Waals surface area contributed by atoms with Crippen LogP contribution in [0.4, 0.5) is 0 Å². The summed E-state index contributed by atoms with van der Waals surface area (Å²) in [5.41, 5.74) is 2.08. The minimum atomic E-state index is -0.132. The molecule has 1 fully saturated rings. The van der Waals surface area contributed by atoms with Crippen LogP contribution in [0.15, 0.2) is 18.2 Å². The van der Waals surface area contributed by atoms with Crippen molar-refractivity contribution in [3.05, 3.63) is 28.2 Å². The van der Waals surface area contributed by atoms with Crippen LogP contribution in [0.3, 0.4) is 0 Å². The van der Waals surface area contributed by atoms with Gasteiger partial charge in [-0.1, -0.05) is 24.1 Å². The van der Waals surface area contributed by atoms with E-state index in [9.17, 15) is 4.79 Å². The van der Waals surface area contributed by atoms with Gasteiger partial charge in [0.2, 0.25) is 0 Å². The van der Waals surface area contributed by atoms with Gasteiger partial charge in [-0.3, -0.25) is 9.69 Å². The summed E-state index contributed by atoms with van der Waals surface area (Å²) in [7, 11) is 1.46. The van der Waals surface area contributed by atoms with Crippen LogP contribution in [0.5, 0.6) is 0 Å². The third-order valence-electron chi connectivity index (χ3n) is 3.90. The maximum atomic E-state index is 11.9. The Labute approximate surface area is 132 Å². The lowest BCUT2D eigenvalue weighted by molar-refractivity contribution is -0.148. The number of nitrogens with zero attached hydrogens (tertiary/aromatic N) is 2. The number of esters is 1. The summed E-state index contributed by atoms with van der Waals surface area (Å²) in [5.74, 6) is -0.132. The molecule has 4 nitrogen and oxygen atoms in total. The zero-order chi connectivity index (χ0) is 14.8. The van der Waals surface area contributed by atoms with E-state index >= 15 is 0 Å². The van der Waals surface area contributed by atoms with Crippen LogP contribution in [0.2, 0.25) is 4.47 Å². The molecule has 1 atom stereocenters. The molecule has 0 N–H and O–H groups in total. The first-order valence-electron chi connectivity index (χ1n) is 7.04. The van der Waals surface area contributed by atoms with Crippen molar-refractivity contribution in [3.63, 3.8) is 0 Å². The summed E-state index contributed by atoms with van der Waals surface area (Å²) in [4.78, 5) is 18.4. The molecule has 1 saturated heterocycles. The highest BCUT2D eigenvalue weighted by Gasteiger charge is 2.29. The first kappa shape index (κ1) is 14.8. The zero-order valence-electron chi connectivity index (χ0n) is 11.8. The predicted molar refractivity (Wildman–Crippen MR) is 84.7 cm³/mol. The normalized spacial score (nSPS) is 19.8. The zero-order valence-corrected chi connectivity index (χ0v) is 13.4. The number of halogens is 1. The maximum absolute atomic E-state index is 11.9. The van der Waals surface area contributed by atoms with E-state index in [0.717, 1.165) is 48.1 Å². The number of benzene rings is 1. The smallest absolute Gasteiger partial charge is 0.323 e. The van der Waals surface area contributed by atoms with Crippen molar-refractivity contribution in [2.45, 2.75) is 31.8 Å². The molecule has 21 heavy (non-hydrogen) atoms. The van der Waals surface area contributed by atoms with E-state index in [0.29, 0.717) is 4.47 Å². The van der Waals surface area contributed by atoms with Gasteiger partial charge in [0.25, 0.3) is 0 Å². The van der Waals surface area contributed by atoms with E-state index in [2.05, 4.69) is 22.0 Å². The number of carbonyl (C=O) groups excluding carboxylic acids is 1. The van der Waals surface area contributed by atoms with Gasteiger partial charge >= 0.3 is 5.97 Å². The van der Waals surface area contributed by atoms with Crippen LogP contribution in [-0.4, -0.2) is 35.5 Å². The number of hydrogen-bond donors (Lipinski definition) is 0. The van der Waals surface area contributed by atoms with Crippen molar-refractivity contribution in [1.82, 2.24) is 9.88 Å². The average molecular weight is 325 g/mol. The van der Waals surface area contributed by atoms with E-state index in [1.807, 2.05) is 6.07 Å². The summed E-state index contributed by atoms with van der Waals surface area (Å²) in [6.45, 7) is 1.67. The highest BCUT2D eigenvalue weighted by atomic mass is 35.5. The topological polar surface area (TPSA) is 42.4 Å². The number of piperidine rings is 1. The second-order valence-electron chi connectivity index (χ2n) is 5.27. The van der Waals surface area contributed by atoms with Gasteiger partial charge in [0, 0.05) is 6.54 Å². The summed E-state index contributed by atoms with van der Waals surface area (Å²) in [6.07, 6.45) is 3.08. The molecule has 1 aromatic heterocycles. The number of likely N-dealkylation sites (tertiary alicyclic amines) is 1. The fourth-order valence-corrected chi connectivity index (χ4v) is 3.87. The molecule has 112 valence electrons. The summed E-state index contributed by atoms with van der Waals surface area (Å²) in [5, 5.41) is 0. The summed E-state index contributed by atoms with van der Waals surface area (Å²) in [6, 6.07) is 6.06. The second kappa shape index (κ2) is 6.30. The Bertz CT molecular complexity index is 658. The number of fused-ring (bicyclic) bond motifs is 1. The quantitative estimate of drug-likeness (QED) is 0.811. The largest absolute Gasteiger partial charge is 0.468 e. The Kier molecular flexibility index (Phi) is 4.42. The maximum Gasteiger partial charge on any atom is 0.323 e. The highest BCUT2D eigenvalue weighted by Crippen LogP contribution is 2.27. The lowest BCUT2D eigenvalue weighted by Gasteiger charge is -2.33. The van der Waals surface area contributed by atoms with E-state index in [1.54, 1.807) is 0 Å². The molecule has 3 rings (SSSR count). The molecule has 1 aromatic carbocycles. The predicted octanol–water partition coefficient (Wildman–Crippen LogP) is 3.48. The standard InChI is InChI=1S/C15H17ClN2O2S/c1-20-14(19)12-4-2-3-7-18(12)9-10-5-6-13-11(8-10)17-15(16)21-13/h5-6,8,12H,2-4,7,9H2,1H3. The lowest BCUT2D eigenvalue weighted by atomic mass is 10.0. The van der Waals surface area contributed by atoms with E-state index in [4.69, 9.17) is 16.3 Å². The van der Waals surface area contributed by atoms with Crippen LogP contribution in [0.1, 0.15) is 24.8 Å². The number of carbonyl (C=O) groups is 1. The minimum Gasteiger partial charge on any atom is -0.468 e. The molecule has 6 heteroatoms. The van der Waals surface area contributed by atoms with Crippen LogP contribution in [0.25, 0.3) is 10.2 Å². The Balaban J connectivity index is 1.80. The Hall–Kier alpha value is -1.17. The summed E-state index contributed by atoms with van der Waals surface area (Å²) < 4.78 is 6.57. The number of aromatic nitrogens is 1. The molecule has 0 saturated carbocycles. The van der Waals surface area contributed by atoms with E-state index in [-0.39, 0.29) is 12.0 Å².